The molecule has 0 saturated carbocycles. The van der Waals surface area contributed by atoms with Crippen molar-refractivity contribution in [2.45, 2.75) is 96.4 Å². The van der Waals surface area contributed by atoms with Crippen LogP contribution in [-0.4, -0.2) is 19.3 Å². The van der Waals surface area contributed by atoms with E-state index in [1.807, 2.05) is 0 Å². The van der Waals surface area contributed by atoms with Crippen molar-refractivity contribution >= 4 is 0 Å². The van der Waals surface area contributed by atoms with Gasteiger partial charge in [-0.1, -0.05) is 71.1 Å². The largest absolute Gasteiger partial charge is 0.381 e. The van der Waals surface area contributed by atoms with Gasteiger partial charge >= 0.3 is 0 Å². The zero-order valence-electron chi connectivity index (χ0n) is 14.2. The summed E-state index contributed by atoms with van der Waals surface area (Å²) in [5.41, 5.74) is 3.00. The SMILES string of the molecule is CCCCCCCCCCCCC(CC1CCOC1)NN. The first kappa shape index (κ1) is 18.9. The van der Waals surface area contributed by atoms with E-state index in [0.717, 1.165) is 19.1 Å². The van der Waals surface area contributed by atoms with Gasteiger partial charge in [0.05, 0.1) is 0 Å². The van der Waals surface area contributed by atoms with E-state index in [0.29, 0.717) is 6.04 Å². The van der Waals surface area contributed by atoms with Gasteiger partial charge in [-0.2, -0.15) is 0 Å². The van der Waals surface area contributed by atoms with Gasteiger partial charge in [0, 0.05) is 19.3 Å². The molecule has 3 heteroatoms. The van der Waals surface area contributed by atoms with E-state index >= 15 is 0 Å². The Bertz CT molecular complexity index is 217. The number of unbranched alkanes of at least 4 members (excludes halogenated alkanes) is 9. The van der Waals surface area contributed by atoms with Gasteiger partial charge in [0.25, 0.3) is 0 Å². The molecule has 0 radical (unpaired) electrons. The Balaban J connectivity index is 1.85. The zero-order chi connectivity index (χ0) is 15.2. The number of hydrogen-bond donors (Lipinski definition) is 2. The molecular weight excluding hydrogens is 260 g/mol. The fourth-order valence-electron chi connectivity index (χ4n) is 3.32. The van der Waals surface area contributed by atoms with Crippen molar-refractivity contribution in [3.05, 3.63) is 0 Å². The van der Waals surface area contributed by atoms with Crippen LogP contribution in [0.15, 0.2) is 0 Å². The minimum Gasteiger partial charge on any atom is -0.381 e. The molecule has 0 spiro atoms. The highest BCUT2D eigenvalue weighted by Gasteiger charge is 2.19. The maximum Gasteiger partial charge on any atom is 0.0495 e. The van der Waals surface area contributed by atoms with Gasteiger partial charge in [-0.3, -0.25) is 11.3 Å². The van der Waals surface area contributed by atoms with Crippen molar-refractivity contribution in [2.75, 3.05) is 13.2 Å². The Kier molecular flexibility index (Phi) is 12.2. The molecular formula is C18H38N2O. The first-order chi connectivity index (χ1) is 10.4. The summed E-state index contributed by atoms with van der Waals surface area (Å²) >= 11 is 0. The lowest BCUT2D eigenvalue weighted by molar-refractivity contribution is 0.180. The Morgan fingerprint density at radius 3 is 2.14 bits per heavy atom. The van der Waals surface area contributed by atoms with Gasteiger partial charge in [-0.05, 0) is 25.2 Å². The summed E-state index contributed by atoms with van der Waals surface area (Å²) in [7, 11) is 0. The molecule has 0 bridgehead atoms. The highest BCUT2D eigenvalue weighted by Crippen LogP contribution is 2.20. The van der Waals surface area contributed by atoms with E-state index in [1.165, 1.54) is 83.5 Å². The normalized spacial score (nSPS) is 20.0. The molecule has 3 N–H and O–H groups in total. The summed E-state index contributed by atoms with van der Waals surface area (Å²) in [5, 5.41) is 0. The van der Waals surface area contributed by atoms with Crippen LogP contribution in [-0.2, 0) is 4.74 Å². The predicted octanol–water partition coefficient (Wildman–Crippen LogP) is 4.56. The Morgan fingerprint density at radius 2 is 1.62 bits per heavy atom. The Hall–Kier alpha value is -0.120. The Labute approximate surface area is 132 Å². The van der Waals surface area contributed by atoms with Crippen LogP contribution in [0.1, 0.15) is 90.4 Å². The molecule has 2 unspecified atom stereocenters. The van der Waals surface area contributed by atoms with E-state index in [2.05, 4.69) is 12.3 Å². The fraction of sp³-hybridized carbons (Fsp3) is 1.00. The average molecular weight is 299 g/mol. The van der Waals surface area contributed by atoms with Crippen molar-refractivity contribution in [2.24, 2.45) is 11.8 Å². The summed E-state index contributed by atoms with van der Waals surface area (Å²) in [5.74, 6) is 6.41. The number of nitrogens with two attached hydrogens (primary N) is 1. The topological polar surface area (TPSA) is 47.3 Å². The second kappa shape index (κ2) is 13.5. The standard InChI is InChI=1S/C18H38N2O/c1-2-3-4-5-6-7-8-9-10-11-12-18(20-19)15-17-13-14-21-16-17/h17-18,20H,2-16,19H2,1H3. The van der Waals surface area contributed by atoms with Gasteiger partial charge in [0.2, 0.25) is 0 Å². The van der Waals surface area contributed by atoms with Gasteiger partial charge in [-0.25, -0.2) is 0 Å². The summed E-state index contributed by atoms with van der Waals surface area (Å²) in [6.07, 6.45) is 17.7. The molecule has 1 aliphatic heterocycles. The number of rotatable bonds is 14. The molecule has 1 fully saturated rings. The van der Waals surface area contributed by atoms with E-state index in [4.69, 9.17) is 10.6 Å². The van der Waals surface area contributed by atoms with Crippen molar-refractivity contribution < 1.29 is 4.74 Å². The molecule has 1 heterocycles. The molecule has 3 nitrogen and oxygen atoms in total. The van der Waals surface area contributed by atoms with Gasteiger partial charge in [0.1, 0.15) is 0 Å². The smallest absolute Gasteiger partial charge is 0.0495 e. The molecule has 0 aromatic rings. The zero-order valence-corrected chi connectivity index (χ0v) is 14.2. The molecule has 0 aliphatic carbocycles. The van der Waals surface area contributed by atoms with Crippen LogP contribution < -0.4 is 11.3 Å². The fourth-order valence-corrected chi connectivity index (χ4v) is 3.32. The number of nitrogens with one attached hydrogen (secondary N) is 1. The van der Waals surface area contributed by atoms with Crippen LogP contribution in [0.4, 0.5) is 0 Å². The molecule has 126 valence electrons. The second-order valence-corrected chi connectivity index (χ2v) is 6.80. The van der Waals surface area contributed by atoms with E-state index in [9.17, 15) is 0 Å². The van der Waals surface area contributed by atoms with Crippen LogP contribution in [0, 0.1) is 5.92 Å². The summed E-state index contributed by atoms with van der Waals surface area (Å²) in [6, 6.07) is 0.491. The molecule has 1 aliphatic rings. The third-order valence-corrected chi connectivity index (χ3v) is 4.78. The van der Waals surface area contributed by atoms with Gasteiger partial charge in [-0.15, -0.1) is 0 Å². The number of hydrazine groups is 1. The predicted molar refractivity (Wildman–Crippen MR) is 91.1 cm³/mol. The number of hydrogen-bond acceptors (Lipinski definition) is 3. The van der Waals surface area contributed by atoms with Crippen molar-refractivity contribution in [1.82, 2.24) is 5.43 Å². The second-order valence-electron chi connectivity index (χ2n) is 6.80. The molecule has 0 aromatic heterocycles. The van der Waals surface area contributed by atoms with E-state index in [1.54, 1.807) is 0 Å². The van der Waals surface area contributed by atoms with Crippen molar-refractivity contribution in [3.8, 4) is 0 Å². The lowest BCUT2D eigenvalue weighted by atomic mass is 9.95. The molecule has 2 atom stereocenters. The highest BCUT2D eigenvalue weighted by molar-refractivity contribution is 4.72. The monoisotopic (exact) mass is 298 g/mol. The lowest BCUT2D eigenvalue weighted by Crippen LogP contribution is -2.36. The molecule has 21 heavy (non-hydrogen) atoms. The van der Waals surface area contributed by atoms with Gasteiger partial charge in [0.15, 0.2) is 0 Å². The van der Waals surface area contributed by atoms with Crippen molar-refractivity contribution in [3.63, 3.8) is 0 Å². The quantitative estimate of drug-likeness (QED) is 0.281. The van der Waals surface area contributed by atoms with Crippen LogP contribution in [0.2, 0.25) is 0 Å². The Morgan fingerprint density at radius 1 is 1.00 bits per heavy atom. The first-order valence-corrected chi connectivity index (χ1v) is 9.40. The first-order valence-electron chi connectivity index (χ1n) is 9.40. The molecule has 1 saturated heterocycles. The van der Waals surface area contributed by atoms with Crippen LogP contribution in [0.5, 0.6) is 0 Å². The molecule has 0 aromatic carbocycles. The molecule has 1 rings (SSSR count). The van der Waals surface area contributed by atoms with Gasteiger partial charge < -0.3 is 4.74 Å². The minimum atomic E-state index is 0.491. The summed E-state index contributed by atoms with van der Waals surface area (Å²) in [4.78, 5) is 0. The summed E-state index contributed by atoms with van der Waals surface area (Å²) in [6.45, 7) is 4.17. The van der Waals surface area contributed by atoms with Crippen molar-refractivity contribution in [1.29, 1.82) is 0 Å². The third kappa shape index (κ3) is 10.3. The number of ether oxygens (including phenoxy) is 1. The van der Waals surface area contributed by atoms with E-state index in [-0.39, 0.29) is 0 Å². The third-order valence-electron chi connectivity index (χ3n) is 4.78. The van der Waals surface area contributed by atoms with E-state index < -0.39 is 0 Å². The van der Waals surface area contributed by atoms with Crippen LogP contribution in [0.3, 0.4) is 0 Å². The maximum absolute atomic E-state index is 5.68. The molecule has 0 amide bonds. The highest BCUT2D eigenvalue weighted by atomic mass is 16.5. The maximum atomic E-state index is 5.68. The van der Waals surface area contributed by atoms with Crippen LogP contribution >= 0.6 is 0 Å². The summed E-state index contributed by atoms with van der Waals surface area (Å²) < 4.78 is 5.44. The minimum absolute atomic E-state index is 0.491. The van der Waals surface area contributed by atoms with Crippen LogP contribution in [0.25, 0.3) is 0 Å². The average Bonchev–Trinajstić information content (AvgIpc) is 3.01. The lowest BCUT2D eigenvalue weighted by Gasteiger charge is -2.18.